The first kappa shape index (κ1) is 30.0. The molecular formula is C36H39NO6. The molecule has 7 heteroatoms. The Kier molecular flexibility index (Phi) is 9.19. The summed E-state index contributed by atoms with van der Waals surface area (Å²) in [7, 11) is 3.21. The molecule has 224 valence electrons. The molecule has 0 unspecified atom stereocenters. The van der Waals surface area contributed by atoms with Gasteiger partial charge in [-0.25, -0.2) is 4.79 Å². The van der Waals surface area contributed by atoms with Crippen molar-refractivity contribution in [2.75, 3.05) is 20.8 Å². The van der Waals surface area contributed by atoms with Gasteiger partial charge >= 0.3 is 5.97 Å². The minimum absolute atomic E-state index is 0.00389. The lowest BCUT2D eigenvalue weighted by Gasteiger charge is -2.37. The van der Waals surface area contributed by atoms with Crippen LogP contribution in [0.4, 0.5) is 0 Å². The number of Topliss-reactive ketones (excluding diaryl/α,β-unsaturated/α-hetero) is 1. The maximum absolute atomic E-state index is 14.1. The average molecular weight is 582 g/mol. The van der Waals surface area contributed by atoms with Crippen molar-refractivity contribution in [3.63, 3.8) is 0 Å². The van der Waals surface area contributed by atoms with Gasteiger partial charge in [0.15, 0.2) is 17.3 Å². The van der Waals surface area contributed by atoms with Crippen molar-refractivity contribution in [1.82, 2.24) is 5.32 Å². The fourth-order valence-electron chi connectivity index (χ4n) is 5.83. The average Bonchev–Trinajstić information content (AvgIpc) is 3.02. The lowest BCUT2D eigenvalue weighted by molar-refractivity contribution is -0.140. The molecule has 0 saturated carbocycles. The van der Waals surface area contributed by atoms with Gasteiger partial charge in [-0.1, -0.05) is 62.4 Å². The van der Waals surface area contributed by atoms with Gasteiger partial charge in [0.2, 0.25) is 0 Å². The fourth-order valence-corrected chi connectivity index (χ4v) is 5.83. The summed E-state index contributed by atoms with van der Waals surface area (Å²) in [6.45, 7) is 6.58. The number of dihydropyridines is 1. The topological polar surface area (TPSA) is 83.1 Å². The van der Waals surface area contributed by atoms with E-state index in [1.807, 2.05) is 93.6 Å². The van der Waals surface area contributed by atoms with Crippen LogP contribution in [0.1, 0.15) is 62.1 Å². The molecule has 7 nitrogen and oxygen atoms in total. The molecule has 0 aromatic heterocycles. The van der Waals surface area contributed by atoms with Crippen LogP contribution in [-0.4, -0.2) is 32.6 Å². The number of methoxy groups -OCH3 is 2. The SMILES string of the molecule is COc1ccc([C@@H]2CC(=O)C3=C(C2)NC(C)=C(C(=O)OCC(C)C)[C@H]3c2cccc(OCc3ccccc3)c2)cc1OC. The standard InChI is InChI=1S/C36H39NO6/c1-22(2)20-43-36(39)33-23(3)37-29-17-27(25-14-15-31(40-4)32(19-25)41-5)18-30(38)35(29)34(33)26-12-9-13-28(16-26)42-21-24-10-7-6-8-11-24/h6-16,19,22,27,34,37H,17-18,20-21H2,1-5H3/t27-,34+/m0/s1. The Morgan fingerprint density at radius 2 is 1.67 bits per heavy atom. The van der Waals surface area contributed by atoms with Gasteiger partial charge in [0.05, 0.1) is 26.4 Å². The van der Waals surface area contributed by atoms with Gasteiger partial charge in [0.25, 0.3) is 0 Å². The summed E-state index contributed by atoms with van der Waals surface area (Å²) >= 11 is 0. The zero-order chi connectivity index (χ0) is 30.5. The molecule has 1 N–H and O–H groups in total. The van der Waals surface area contributed by atoms with Gasteiger partial charge in [-0.15, -0.1) is 0 Å². The third-order valence-electron chi connectivity index (χ3n) is 7.91. The van der Waals surface area contributed by atoms with Crippen LogP contribution in [0.3, 0.4) is 0 Å². The van der Waals surface area contributed by atoms with E-state index in [1.54, 1.807) is 14.2 Å². The molecule has 0 fully saturated rings. The van der Waals surface area contributed by atoms with Crippen LogP contribution in [0, 0.1) is 5.92 Å². The van der Waals surface area contributed by atoms with E-state index in [0.717, 1.165) is 22.4 Å². The number of esters is 1. The molecule has 2 atom stereocenters. The van der Waals surface area contributed by atoms with E-state index in [4.69, 9.17) is 18.9 Å². The first-order valence-corrected chi connectivity index (χ1v) is 14.7. The second-order valence-corrected chi connectivity index (χ2v) is 11.5. The zero-order valence-corrected chi connectivity index (χ0v) is 25.4. The van der Waals surface area contributed by atoms with E-state index in [9.17, 15) is 9.59 Å². The molecule has 43 heavy (non-hydrogen) atoms. The molecule has 0 spiro atoms. The molecule has 5 rings (SSSR count). The van der Waals surface area contributed by atoms with Crippen molar-refractivity contribution in [3.05, 3.63) is 112 Å². The van der Waals surface area contributed by atoms with Crippen molar-refractivity contribution < 1.29 is 28.5 Å². The molecule has 0 saturated heterocycles. The molecule has 0 amide bonds. The van der Waals surface area contributed by atoms with E-state index < -0.39 is 11.9 Å². The number of carbonyl (C=O) groups excluding carboxylic acids is 2. The Balaban J connectivity index is 1.51. The molecule has 3 aromatic carbocycles. The first-order chi connectivity index (χ1) is 20.8. The van der Waals surface area contributed by atoms with E-state index in [0.29, 0.717) is 60.1 Å². The Bertz CT molecular complexity index is 1550. The van der Waals surface area contributed by atoms with Crippen molar-refractivity contribution in [2.24, 2.45) is 5.92 Å². The number of hydrogen-bond donors (Lipinski definition) is 1. The van der Waals surface area contributed by atoms with Gasteiger partial charge < -0.3 is 24.3 Å². The van der Waals surface area contributed by atoms with E-state index >= 15 is 0 Å². The highest BCUT2D eigenvalue weighted by Gasteiger charge is 2.41. The summed E-state index contributed by atoms with van der Waals surface area (Å²) in [4.78, 5) is 27.6. The second kappa shape index (κ2) is 13.2. The van der Waals surface area contributed by atoms with Gasteiger partial charge in [0, 0.05) is 29.3 Å². The van der Waals surface area contributed by atoms with Crippen molar-refractivity contribution in [2.45, 2.75) is 52.1 Å². The summed E-state index contributed by atoms with van der Waals surface area (Å²) in [6.07, 6.45) is 0.924. The van der Waals surface area contributed by atoms with Crippen LogP contribution in [0.2, 0.25) is 0 Å². The number of ketones is 1. The molecule has 3 aromatic rings. The highest BCUT2D eigenvalue weighted by Crippen LogP contribution is 2.47. The third-order valence-corrected chi connectivity index (χ3v) is 7.91. The van der Waals surface area contributed by atoms with Crippen molar-refractivity contribution in [3.8, 4) is 17.2 Å². The largest absolute Gasteiger partial charge is 0.493 e. The molecule has 0 bridgehead atoms. The van der Waals surface area contributed by atoms with Crippen LogP contribution in [0.15, 0.2) is 95.3 Å². The Morgan fingerprint density at radius 1 is 0.907 bits per heavy atom. The van der Waals surface area contributed by atoms with Crippen LogP contribution in [-0.2, 0) is 20.9 Å². The highest BCUT2D eigenvalue weighted by molar-refractivity contribution is 6.04. The minimum Gasteiger partial charge on any atom is -0.493 e. The number of ether oxygens (including phenoxy) is 4. The van der Waals surface area contributed by atoms with Gasteiger partial charge in [-0.3, -0.25) is 4.79 Å². The number of carbonyl (C=O) groups is 2. The fraction of sp³-hybridized carbons (Fsp3) is 0.333. The van der Waals surface area contributed by atoms with Gasteiger partial charge in [0.1, 0.15) is 12.4 Å². The maximum Gasteiger partial charge on any atom is 0.336 e. The normalized spacial score (nSPS) is 18.2. The number of rotatable bonds is 10. The molecule has 1 heterocycles. The van der Waals surface area contributed by atoms with Gasteiger partial charge in [-0.2, -0.15) is 0 Å². The maximum atomic E-state index is 14.1. The summed E-state index contributed by atoms with van der Waals surface area (Å²) < 4.78 is 22.8. The first-order valence-electron chi connectivity index (χ1n) is 14.7. The van der Waals surface area contributed by atoms with Crippen LogP contribution >= 0.6 is 0 Å². The molecule has 1 aliphatic heterocycles. The predicted molar refractivity (Wildman–Crippen MR) is 165 cm³/mol. The van der Waals surface area contributed by atoms with Crippen LogP contribution in [0.25, 0.3) is 0 Å². The van der Waals surface area contributed by atoms with E-state index in [2.05, 4.69) is 5.32 Å². The Hall–Kier alpha value is -4.52. The van der Waals surface area contributed by atoms with Crippen molar-refractivity contribution >= 4 is 11.8 Å². The van der Waals surface area contributed by atoms with Crippen molar-refractivity contribution in [1.29, 1.82) is 0 Å². The predicted octanol–water partition coefficient (Wildman–Crippen LogP) is 6.84. The number of benzene rings is 3. The Morgan fingerprint density at radius 3 is 2.40 bits per heavy atom. The third kappa shape index (κ3) is 6.61. The van der Waals surface area contributed by atoms with E-state index in [-0.39, 0.29) is 17.6 Å². The summed E-state index contributed by atoms with van der Waals surface area (Å²) in [5.41, 5.74) is 5.45. The number of allylic oxidation sites excluding steroid dienone is 3. The summed E-state index contributed by atoms with van der Waals surface area (Å²) in [5.74, 6) is 1.07. The zero-order valence-electron chi connectivity index (χ0n) is 25.4. The lowest BCUT2D eigenvalue weighted by Crippen LogP contribution is -2.36. The number of hydrogen-bond acceptors (Lipinski definition) is 7. The molecule has 1 aliphatic carbocycles. The summed E-state index contributed by atoms with van der Waals surface area (Å²) in [6, 6.07) is 23.4. The quantitative estimate of drug-likeness (QED) is 0.262. The monoisotopic (exact) mass is 581 g/mol. The van der Waals surface area contributed by atoms with Crippen LogP contribution in [0.5, 0.6) is 17.2 Å². The molecular weight excluding hydrogens is 542 g/mol. The second-order valence-electron chi connectivity index (χ2n) is 11.5. The summed E-state index contributed by atoms with van der Waals surface area (Å²) in [5, 5.41) is 3.43. The van der Waals surface area contributed by atoms with Crippen LogP contribution < -0.4 is 19.5 Å². The van der Waals surface area contributed by atoms with Gasteiger partial charge in [-0.05, 0) is 66.1 Å². The highest BCUT2D eigenvalue weighted by atomic mass is 16.5. The number of nitrogens with one attached hydrogen (secondary N) is 1. The Labute approximate surface area is 253 Å². The smallest absolute Gasteiger partial charge is 0.336 e. The molecule has 0 radical (unpaired) electrons. The molecule has 2 aliphatic rings. The van der Waals surface area contributed by atoms with E-state index in [1.165, 1.54) is 0 Å². The lowest BCUT2D eigenvalue weighted by atomic mass is 9.71. The minimum atomic E-state index is -0.574.